The maximum absolute atomic E-state index is 12.8. The zero-order valence-corrected chi connectivity index (χ0v) is 18.0. The fourth-order valence-electron chi connectivity index (χ4n) is 3.27. The molecule has 0 atom stereocenters. The number of halogens is 1. The van der Waals surface area contributed by atoms with Gasteiger partial charge in [-0.15, -0.1) is 11.3 Å². The third kappa shape index (κ3) is 4.70. The van der Waals surface area contributed by atoms with E-state index in [1.807, 2.05) is 24.3 Å². The highest BCUT2D eigenvalue weighted by Crippen LogP contribution is 2.25. The van der Waals surface area contributed by atoms with E-state index in [0.717, 1.165) is 35.6 Å². The number of aromatic nitrogens is 1. The Morgan fingerprint density at radius 2 is 1.90 bits per heavy atom. The van der Waals surface area contributed by atoms with Crippen LogP contribution in [0.25, 0.3) is 0 Å². The highest BCUT2D eigenvalue weighted by molar-refractivity contribution is 7.13. The van der Waals surface area contributed by atoms with E-state index in [1.54, 1.807) is 24.3 Å². The van der Waals surface area contributed by atoms with Crippen molar-refractivity contribution in [1.29, 1.82) is 0 Å². The van der Waals surface area contributed by atoms with Gasteiger partial charge in [0.1, 0.15) is 0 Å². The Bertz CT molecular complexity index is 1080. The van der Waals surface area contributed by atoms with Gasteiger partial charge in [0.15, 0.2) is 5.01 Å². The summed E-state index contributed by atoms with van der Waals surface area (Å²) in [5.74, 6) is -0.432. The average Bonchev–Trinajstić information content (AvgIpc) is 3.17. The normalized spacial score (nSPS) is 13.5. The maximum atomic E-state index is 12.8. The summed E-state index contributed by atoms with van der Waals surface area (Å²) in [6.45, 7) is 2.07. The average molecular weight is 441 g/mol. The summed E-state index contributed by atoms with van der Waals surface area (Å²) in [5.41, 5.74) is 3.02. The van der Waals surface area contributed by atoms with E-state index in [0.29, 0.717) is 21.3 Å². The van der Waals surface area contributed by atoms with Crippen LogP contribution in [0.3, 0.4) is 0 Å². The summed E-state index contributed by atoms with van der Waals surface area (Å²) in [6.07, 6.45) is 0.864. The molecular formula is C22H21ClN4O2S. The van der Waals surface area contributed by atoms with Crippen LogP contribution in [-0.4, -0.2) is 35.3 Å². The zero-order chi connectivity index (χ0) is 21.1. The number of para-hydroxylation sites is 1. The fraction of sp³-hybridized carbons (Fsp3) is 0.227. The van der Waals surface area contributed by atoms with E-state index >= 15 is 0 Å². The number of amides is 2. The van der Waals surface area contributed by atoms with Crippen LogP contribution in [0.5, 0.6) is 0 Å². The van der Waals surface area contributed by atoms with Crippen LogP contribution in [0.15, 0.2) is 48.5 Å². The number of hydrogen-bond acceptors (Lipinski definition) is 5. The molecule has 1 aromatic heterocycles. The van der Waals surface area contributed by atoms with Crippen molar-refractivity contribution in [3.05, 3.63) is 80.3 Å². The molecule has 3 aromatic rings. The molecule has 2 aromatic carbocycles. The maximum Gasteiger partial charge on any atom is 0.284 e. The molecule has 2 heterocycles. The molecule has 30 heavy (non-hydrogen) atoms. The summed E-state index contributed by atoms with van der Waals surface area (Å²) in [5, 5.41) is 6.87. The van der Waals surface area contributed by atoms with E-state index < -0.39 is 0 Å². The van der Waals surface area contributed by atoms with Gasteiger partial charge in [0.2, 0.25) is 0 Å². The van der Waals surface area contributed by atoms with Gasteiger partial charge in [0, 0.05) is 47.2 Å². The molecule has 1 aliphatic heterocycles. The molecule has 0 saturated heterocycles. The largest absolute Gasteiger partial charge is 0.348 e. The minimum absolute atomic E-state index is 0.204. The lowest BCUT2D eigenvalue weighted by atomic mass is 10.1. The molecule has 0 bridgehead atoms. The van der Waals surface area contributed by atoms with E-state index in [9.17, 15) is 9.59 Å². The van der Waals surface area contributed by atoms with Crippen molar-refractivity contribution in [2.24, 2.45) is 0 Å². The van der Waals surface area contributed by atoms with Crippen molar-refractivity contribution < 1.29 is 9.59 Å². The van der Waals surface area contributed by atoms with Gasteiger partial charge < -0.3 is 15.5 Å². The molecule has 2 amide bonds. The molecule has 154 valence electrons. The number of likely N-dealkylation sites (N-methyl/N-ethyl adjacent to an activating group) is 1. The van der Waals surface area contributed by atoms with Gasteiger partial charge >= 0.3 is 0 Å². The van der Waals surface area contributed by atoms with Crippen molar-refractivity contribution >= 4 is 40.4 Å². The Hall–Kier alpha value is -2.74. The van der Waals surface area contributed by atoms with Crippen LogP contribution in [-0.2, 0) is 19.5 Å². The van der Waals surface area contributed by atoms with Crippen molar-refractivity contribution in [2.75, 3.05) is 18.9 Å². The first-order valence-corrected chi connectivity index (χ1v) is 10.8. The number of rotatable bonds is 5. The number of carbonyl (C=O) groups excluding carboxylic acids is 2. The standard InChI is InChI=1S/C22H21ClN4O2S/c1-27-11-10-18-19(13-27)30-22(26-18)21(29)25-17-5-3-2-4-15(17)12-24-20(28)14-6-8-16(23)9-7-14/h2-9H,10-13H2,1H3,(H,24,28)(H,25,29). The van der Waals surface area contributed by atoms with E-state index in [1.165, 1.54) is 11.3 Å². The number of carbonyl (C=O) groups is 2. The lowest BCUT2D eigenvalue weighted by Gasteiger charge is -2.20. The summed E-state index contributed by atoms with van der Waals surface area (Å²) in [6, 6.07) is 14.1. The van der Waals surface area contributed by atoms with Gasteiger partial charge in [0.05, 0.1) is 5.69 Å². The van der Waals surface area contributed by atoms with Gasteiger partial charge in [-0.3, -0.25) is 9.59 Å². The van der Waals surface area contributed by atoms with Crippen LogP contribution in [0.2, 0.25) is 5.02 Å². The molecule has 0 radical (unpaired) electrons. The summed E-state index contributed by atoms with van der Waals surface area (Å²) in [4.78, 5) is 33.1. The monoisotopic (exact) mass is 440 g/mol. The smallest absolute Gasteiger partial charge is 0.284 e. The number of benzene rings is 2. The van der Waals surface area contributed by atoms with Gasteiger partial charge in [-0.1, -0.05) is 29.8 Å². The summed E-state index contributed by atoms with van der Waals surface area (Å²) < 4.78 is 0. The molecule has 2 N–H and O–H groups in total. The molecule has 0 spiro atoms. The van der Waals surface area contributed by atoms with Gasteiger partial charge in [0.25, 0.3) is 11.8 Å². The molecule has 0 saturated carbocycles. The van der Waals surface area contributed by atoms with Crippen LogP contribution >= 0.6 is 22.9 Å². The highest BCUT2D eigenvalue weighted by Gasteiger charge is 2.21. The Labute approximate surface area is 183 Å². The summed E-state index contributed by atoms with van der Waals surface area (Å²) >= 11 is 7.31. The topological polar surface area (TPSA) is 74.3 Å². The van der Waals surface area contributed by atoms with Crippen molar-refractivity contribution in [1.82, 2.24) is 15.2 Å². The lowest BCUT2D eigenvalue weighted by Crippen LogP contribution is -2.25. The van der Waals surface area contributed by atoms with Crippen LogP contribution < -0.4 is 10.6 Å². The molecule has 6 nitrogen and oxygen atoms in total. The molecule has 8 heteroatoms. The second-order valence-corrected chi connectivity index (χ2v) is 8.70. The number of hydrogen-bond donors (Lipinski definition) is 2. The van der Waals surface area contributed by atoms with E-state index in [-0.39, 0.29) is 18.4 Å². The van der Waals surface area contributed by atoms with Crippen LogP contribution in [0.1, 0.15) is 36.3 Å². The molecule has 0 unspecified atom stereocenters. The lowest BCUT2D eigenvalue weighted by molar-refractivity contribution is 0.0950. The van der Waals surface area contributed by atoms with Crippen LogP contribution in [0.4, 0.5) is 5.69 Å². The molecule has 0 fully saturated rings. The quantitative estimate of drug-likeness (QED) is 0.629. The van der Waals surface area contributed by atoms with E-state index in [4.69, 9.17) is 11.6 Å². The SMILES string of the molecule is CN1CCc2nc(C(=O)Nc3ccccc3CNC(=O)c3ccc(Cl)cc3)sc2C1. The molecule has 0 aliphatic carbocycles. The first-order chi connectivity index (χ1) is 14.5. The third-order valence-corrected chi connectivity index (χ3v) is 6.26. The number of fused-ring (bicyclic) bond motifs is 1. The Morgan fingerprint density at radius 3 is 2.70 bits per heavy atom. The van der Waals surface area contributed by atoms with E-state index in [2.05, 4.69) is 27.6 Å². The van der Waals surface area contributed by atoms with Gasteiger partial charge in [-0.05, 0) is 42.9 Å². The number of thiazole rings is 1. The van der Waals surface area contributed by atoms with Crippen molar-refractivity contribution in [2.45, 2.75) is 19.5 Å². The number of anilines is 1. The predicted molar refractivity (Wildman–Crippen MR) is 119 cm³/mol. The predicted octanol–water partition coefficient (Wildman–Crippen LogP) is 3.97. The summed E-state index contributed by atoms with van der Waals surface area (Å²) in [7, 11) is 2.07. The zero-order valence-electron chi connectivity index (χ0n) is 16.4. The molecule has 4 rings (SSSR count). The Kier molecular flexibility index (Phi) is 6.13. The van der Waals surface area contributed by atoms with Crippen molar-refractivity contribution in [3.8, 4) is 0 Å². The van der Waals surface area contributed by atoms with Gasteiger partial charge in [-0.25, -0.2) is 4.98 Å². The minimum Gasteiger partial charge on any atom is -0.348 e. The number of nitrogens with one attached hydrogen (secondary N) is 2. The minimum atomic E-state index is -0.228. The second kappa shape index (κ2) is 8.95. The second-order valence-electron chi connectivity index (χ2n) is 7.18. The highest BCUT2D eigenvalue weighted by atomic mass is 35.5. The molecular weight excluding hydrogens is 420 g/mol. The molecule has 1 aliphatic rings. The number of nitrogens with zero attached hydrogens (tertiary/aromatic N) is 2. The fourth-order valence-corrected chi connectivity index (χ4v) is 4.48. The van der Waals surface area contributed by atoms with Crippen molar-refractivity contribution in [3.63, 3.8) is 0 Å². The Morgan fingerprint density at radius 1 is 1.13 bits per heavy atom. The van der Waals surface area contributed by atoms with Gasteiger partial charge in [-0.2, -0.15) is 0 Å². The van der Waals surface area contributed by atoms with Crippen LogP contribution in [0, 0.1) is 0 Å². The first kappa shape index (κ1) is 20.5. The first-order valence-electron chi connectivity index (χ1n) is 9.60. The third-order valence-electron chi connectivity index (χ3n) is 4.93. The Balaban J connectivity index is 1.43.